The van der Waals surface area contributed by atoms with Crippen molar-refractivity contribution in [2.45, 2.75) is 13.5 Å². The maximum Gasteiger partial charge on any atom is 0.339 e. The van der Waals surface area contributed by atoms with Crippen LogP contribution in [0, 0.1) is 17.0 Å². The van der Waals surface area contributed by atoms with E-state index in [1.165, 1.54) is 6.92 Å². The van der Waals surface area contributed by atoms with Gasteiger partial charge in [-0.2, -0.15) is 0 Å². The van der Waals surface area contributed by atoms with Crippen LogP contribution in [-0.2, 0) is 6.54 Å². The lowest BCUT2D eigenvalue weighted by molar-refractivity contribution is -0.385. The molecule has 0 saturated carbocycles. The SMILES string of the molecule is Cc1cc(=O)n(Cc2ncncc2C(=O)O)cc1[N+](=O)[O-]. The summed E-state index contributed by atoms with van der Waals surface area (Å²) < 4.78 is 1.04. The molecule has 0 aliphatic carbocycles. The first kappa shape index (κ1) is 14.3. The first-order valence-electron chi connectivity index (χ1n) is 5.78. The quantitative estimate of drug-likeness (QED) is 0.644. The summed E-state index contributed by atoms with van der Waals surface area (Å²) in [6.07, 6.45) is 3.33. The van der Waals surface area contributed by atoms with E-state index in [9.17, 15) is 19.7 Å². The highest BCUT2D eigenvalue weighted by atomic mass is 16.6. The Morgan fingerprint density at radius 2 is 2.24 bits per heavy atom. The number of nitro groups is 1. The minimum absolute atomic E-state index is 0.0951. The van der Waals surface area contributed by atoms with Crippen LogP contribution in [0.1, 0.15) is 21.6 Å². The van der Waals surface area contributed by atoms with Crippen LogP contribution in [0.15, 0.2) is 29.6 Å². The lowest BCUT2D eigenvalue weighted by Gasteiger charge is -2.08. The number of carboxylic acids is 1. The Hall–Kier alpha value is -3.10. The van der Waals surface area contributed by atoms with Gasteiger partial charge < -0.3 is 9.67 Å². The summed E-state index contributed by atoms with van der Waals surface area (Å²) in [7, 11) is 0. The van der Waals surface area contributed by atoms with Gasteiger partial charge in [0.05, 0.1) is 23.4 Å². The summed E-state index contributed by atoms with van der Waals surface area (Å²) in [5.74, 6) is -1.24. The molecule has 0 aliphatic heterocycles. The molecule has 0 unspecified atom stereocenters. The number of hydrogen-bond donors (Lipinski definition) is 1. The average Bonchev–Trinajstić information content (AvgIpc) is 2.41. The van der Waals surface area contributed by atoms with Crippen molar-refractivity contribution in [1.29, 1.82) is 0 Å². The first-order valence-corrected chi connectivity index (χ1v) is 5.78. The van der Waals surface area contributed by atoms with Crippen molar-refractivity contribution in [2.24, 2.45) is 0 Å². The second kappa shape index (κ2) is 5.49. The number of carboxylic acid groups (broad SMARTS) is 1. The van der Waals surface area contributed by atoms with Gasteiger partial charge in [0, 0.05) is 17.8 Å². The maximum atomic E-state index is 11.8. The van der Waals surface area contributed by atoms with Crippen LogP contribution in [0.2, 0.25) is 0 Å². The summed E-state index contributed by atoms with van der Waals surface area (Å²) in [6, 6.07) is 1.12. The van der Waals surface area contributed by atoms with E-state index in [-0.39, 0.29) is 29.1 Å². The lowest BCUT2D eigenvalue weighted by atomic mass is 10.2. The largest absolute Gasteiger partial charge is 0.478 e. The molecule has 0 aliphatic rings. The highest BCUT2D eigenvalue weighted by Gasteiger charge is 2.16. The molecule has 0 bridgehead atoms. The van der Waals surface area contributed by atoms with Gasteiger partial charge in [0.2, 0.25) is 0 Å². The summed E-state index contributed by atoms with van der Waals surface area (Å²) in [6.45, 7) is 1.27. The van der Waals surface area contributed by atoms with Crippen LogP contribution >= 0.6 is 0 Å². The minimum atomic E-state index is -1.24. The molecule has 0 spiro atoms. The zero-order valence-electron chi connectivity index (χ0n) is 10.9. The molecular formula is C12H10N4O5. The van der Waals surface area contributed by atoms with E-state index in [0.29, 0.717) is 0 Å². The predicted molar refractivity (Wildman–Crippen MR) is 70.2 cm³/mol. The van der Waals surface area contributed by atoms with Gasteiger partial charge in [-0.05, 0) is 6.92 Å². The van der Waals surface area contributed by atoms with Gasteiger partial charge >= 0.3 is 5.97 Å². The summed E-state index contributed by atoms with van der Waals surface area (Å²) in [4.78, 5) is 40.6. The number of hydrogen-bond acceptors (Lipinski definition) is 6. The third-order valence-corrected chi connectivity index (χ3v) is 2.85. The molecule has 0 fully saturated rings. The molecule has 9 heteroatoms. The maximum absolute atomic E-state index is 11.8. The zero-order chi connectivity index (χ0) is 15.6. The Kier molecular flexibility index (Phi) is 3.74. The number of carbonyl (C=O) groups is 1. The number of aryl methyl sites for hydroxylation is 1. The van der Waals surface area contributed by atoms with Crippen LogP contribution in [0.25, 0.3) is 0 Å². The Labute approximate surface area is 117 Å². The van der Waals surface area contributed by atoms with E-state index in [1.54, 1.807) is 0 Å². The van der Waals surface area contributed by atoms with E-state index >= 15 is 0 Å². The van der Waals surface area contributed by atoms with Crippen LogP contribution in [-0.4, -0.2) is 30.5 Å². The highest BCUT2D eigenvalue weighted by Crippen LogP contribution is 2.15. The normalized spacial score (nSPS) is 10.3. The third kappa shape index (κ3) is 2.91. The molecular weight excluding hydrogens is 280 g/mol. The van der Waals surface area contributed by atoms with Crippen molar-refractivity contribution in [3.63, 3.8) is 0 Å². The monoisotopic (exact) mass is 290 g/mol. The Bertz CT molecular complexity index is 783. The number of pyridine rings is 1. The molecule has 0 radical (unpaired) electrons. The lowest BCUT2D eigenvalue weighted by Crippen LogP contribution is -2.22. The van der Waals surface area contributed by atoms with E-state index in [4.69, 9.17) is 5.11 Å². The van der Waals surface area contributed by atoms with Crippen LogP contribution < -0.4 is 5.56 Å². The van der Waals surface area contributed by atoms with E-state index in [1.807, 2.05) is 0 Å². The molecule has 1 N–H and O–H groups in total. The molecule has 0 saturated heterocycles. The average molecular weight is 290 g/mol. The van der Waals surface area contributed by atoms with Crippen molar-refractivity contribution in [3.05, 3.63) is 62.1 Å². The third-order valence-electron chi connectivity index (χ3n) is 2.85. The van der Waals surface area contributed by atoms with Crippen LogP contribution in [0.3, 0.4) is 0 Å². The molecule has 2 rings (SSSR count). The molecule has 0 amide bonds. The Morgan fingerprint density at radius 3 is 2.86 bits per heavy atom. The van der Waals surface area contributed by atoms with Crippen molar-refractivity contribution >= 4 is 11.7 Å². The molecule has 9 nitrogen and oxygen atoms in total. The predicted octanol–water partition coefficient (Wildman–Crippen LogP) is 0.601. The molecule has 2 aromatic heterocycles. The number of rotatable bonds is 4. The van der Waals surface area contributed by atoms with Crippen molar-refractivity contribution in [2.75, 3.05) is 0 Å². The van der Waals surface area contributed by atoms with Gasteiger partial charge in [0.1, 0.15) is 11.9 Å². The molecule has 0 aromatic carbocycles. The molecule has 2 aromatic rings. The summed E-state index contributed by atoms with van der Waals surface area (Å²) in [5.41, 5.74) is -0.527. The zero-order valence-corrected chi connectivity index (χ0v) is 10.9. The van der Waals surface area contributed by atoms with Crippen molar-refractivity contribution in [3.8, 4) is 0 Å². The molecule has 108 valence electrons. The van der Waals surface area contributed by atoms with Gasteiger partial charge in [0.15, 0.2) is 0 Å². The fraction of sp³-hybridized carbons (Fsp3) is 0.167. The highest BCUT2D eigenvalue weighted by molar-refractivity contribution is 5.88. The fourth-order valence-electron chi connectivity index (χ4n) is 1.79. The van der Waals surface area contributed by atoms with Crippen LogP contribution in [0.4, 0.5) is 5.69 Å². The van der Waals surface area contributed by atoms with Crippen molar-refractivity contribution < 1.29 is 14.8 Å². The number of aromatic carboxylic acids is 1. The molecule has 0 atom stereocenters. The number of aromatic nitrogens is 3. The smallest absolute Gasteiger partial charge is 0.339 e. The van der Waals surface area contributed by atoms with Gasteiger partial charge in [-0.3, -0.25) is 14.9 Å². The number of nitrogens with zero attached hydrogens (tertiary/aromatic N) is 4. The summed E-state index contributed by atoms with van der Waals surface area (Å²) in [5, 5.41) is 19.9. The van der Waals surface area contributed by atoms with Gasteiger partial charge in [0.25, 0.3) is 11.2 Å². The van der Waals surface area contributed by atoms with Gasteiger partial charge in [-0.25, -0.2) is 14.8 Å². The minimum Gasteiger partial charge on any atom is -0.478 e. The molecule has 21 heavy (non-hydrogen) atoms. The van der Waals surface area contributed by atoms with Crippen molar-refractivity contribution in [1.82, 2.24) is 14.5 Å². The topological polar surface area (TPSA) is 128 Å². The van der Waals surface area contributed by atoms with E-state index < -0.39 is 16.5 Å². The Balaban J connectivity index is 2.50. The standard InChI is InChI=1S/C12H10N4O5/c1-7-2-11(17)15(5-10(7)16(20)21)4-9-8(12(18)19)3-13-6-14-9/h2-3,5-6H,4H2,1H3,(H,18,19). The fourth-order valence-corrected chi connectivity index (χ4v) is 1.79. The Morgan fingerprint density at radius 1 is 1.52 bits per heavy atom. The summed E-state index contributed by atoms with van der Waals surface area (Å²) >= 11 is 0. The van der Waals surface area contributed by atoms with E-state index in [2.05, 4.69) is 9.97 Å². The van der Waals surface area contributed by atoms with Gasteiger partial charge in [-0.15, -0.1) is 0 Å². The van der Waals surface area contributed by atoms with E-state index in [0.717, 1.165) is 29.4 Å². The second-order valence-electron chi connectivity index (χ2n) is 4.25. The van der Waals surface area contributed by atoms with Gasteiger partial charge in [-0.1, -0.05) is 0 Å². The molecule has 2 heterocycles. The van der Waals surface area contributed by atoms with Crippen LogP contribution in [0.5, 0.6) is 0 Å². The second-order valence-corrected chi connectivity index (χ2v) is 4.25. The first-order chi connectivity index (χ1) is 9.90.